The van der Waals surface area contributed by atoms with Crippen LogP contribution >= 0.6 is 23.2 Å². The van der Waals surface area contributed by atoms with Crippen molar-refractivity contribution < 1.29 is 31.9 Å². The van der Waals surface area contributed by atoms with Crippen LogP contribution in [0.15, 0.2) is 12.1 Å². The van der Waals surface area contributed by atoms with Gasteiger partial charge in [0.05, 0.1) is 10.0 Å². The molecule has 0 aliphatic carbocycles. The van der Waals surface area contributed by atoms with Crippen LogP contribution in [0.2, 0.25) is 10.0 Å². The van der Waals surface area contributed by atoms with Gasteiger partial charge in [-0.1, -0.05) is 56.1 Å². The third kappa shape index (κ3) is 3.46. The average Bonchev–Trinajstić information content (AvgIpc) is 2.06. The molecule has 0 saturated heterocycles. The van der Waals surface area contributed by atoms with Crippen LogP contribution in [0.4, 0.5) is 0 Å². The van der Waals surface area contributed by atoms with Gasteiger partial charge in [0.25, 0.3) is 0 Å². The first kappa shape index (κ1) is 16.4. The van der Waals surface area contributed by atoms with Gasteiger partial charge in [0, 0.05) is 27.3 Å². The Labute approximate surface area is 120 Å². The first-order chi connectivity index (χ1) is 6.75. The fourth-order valence-electron chi connectivity index (χ4n) is 1.34. The molecule has 2 nitrogen and oxygen atoms in total. The molecular formula is C11H14Cl2O2Ti. The fraction of sp³-hybridized carbons (Fsp3) is 0.455. The number of halogens is 2. The van der Waals surface area contributed by atoms with Crippen LogP contribution in [0.1, 0.15) is 38.2 Å². The summed E-state index contributed by atoms with van der Waals surface area (Å²) in [4.78, 5) is 0. The summed E-state index contributed by atoms with van der Waals surface area (Å²) in [5.41, 5.74) is 0.993. The summed E-state index contributed by atoms with van der Waals surface area (Å²) in [6.07, 6.45) is -1.59. The van der Waals surface area contributed by atoms with Crippen molar-refractivity contribution in [3.8, 4) is 0 Å². The van der Waals surface area contributed by atoms with E-state index in [1.807, 2.05) is 20.8 Å². The standard InChI is InChI=1S/C11H14Cl2O2.Ti/c1-11(2,3)7-5-4-6(10(14)15)8(12)9(7)13;/h4-5,10,14-15H,1-3H3;. The van der Waals surface area contributed by atoms with Crippen LogP contribution in [0, 0.1) is 0 Å². The van der Waals surface area contributed by atoms with Crippen molar-refractivity contribution in [2.45, 2.75) is 32.5 Å². The molecule has 0 bridgehead atoms. The van der Waals surface area contributed by atoms with E-state index in [4.69, 9.17) is 33.4 Å². The Morgan fingerprint density at radius 3 is 1.94 bits per heavy atom. The molecule has 2 N–H and O–H groups in total. The zero-order chi connectivity index (χ0) is 11.8. The van der Waals surface area contributed by atoms with Gasteiger partial charge in [-0.3, -0.25) is 0 Å². The quantitative estimate of drug-likeness (QED) is 0.617. The fourth-order valence-corrected chi connectivity index (χ4v) is 2.06. The van der Waals surface area contributed by atoms with Gasteiger partial charge in [-0.25, -0.2) is 0 Å². The van der Waals surface area contributed by atoms with Crippen LogP contribution in [0.3, 0.4) is 0 Å². The molecule has 0 aliphatic heterocycles. The zero-order valence-corrected chi connectivity index (χ0v) is 12.5. The van der Waals surface area contributed by atoms with Crippen LogP contribution in [0.5, 0.6) is 0 Å². The summed E-state index contributed by atoms with van der Waals surface area (Å²) >= 11 is 12.0. The second-order valence-corrected chi connectivity index (χ2v) is 5.21. The van der Waals surface area contributed by atoms with Gasteiger partial charge < -0.3 is 10.2 Å². The molecule has 16 heavy (non-hydrogen) atoms. The first-order valence-electron chi connectivity index (χ1n) is 4.59. The molecule has 0 heterocycles. The van der Waals surface area contributed by atoms with E-state index < -0.39 is 6.29 Å². The summed E-state index contributed by atoms with van der Waals surface area (Å²) < 4.78 is 0. The average molecular weight is 297 g/mol. The van der Waals surface area contributed by atoms with Crippen LogP contribution < -0.4 is 0 Å². The molecular weight excluding hydrogens is 283 g/mol. The second kappa shape index (κ2) is 5.86. The second-order valence-electron chi connectivity index (χ2n) is 4.45. The predicted molar refractivity (Wildman–Crippen MR) is 62.3 cm³/mol. The molecule has 0 aromatic heterocycles. The molecule has 1 rings (SSSR count). The Hall–Kier alpha value is 0.434. The molecule has 1 aromatic rings. The van der Waals surface area contributed by atoms with E-state index in [1.54, 1.807) is 12.1 Å². The van der Waals surface area contributed by atoms with Crippen LogP contribution in [-0.2, 0) is 27.1 Å². The Bertz CT molecular complexity index is 373. The Morgan fingerprint density at radius 1 is 1.06 bits per heavy atom. The summed E-state index contributed by atoms with van der Waals surface area (Å²) in [6.45, 7) is 6.04. The normalized spacial score (nSPS) is 11.5. The Morgan fingerprint density at radius 2 is 1.56 bits per heavy atom. The zero-order valence-electron chi connectivity index (χ0n) is 9.38. The number of aliphatic hydroxyl groups excluding tert-OH is 1. The molecule has 0 unspecified atom stereocenters. The van der Waals surface area contributed by atoms with E-state index in [0.29, 0.717) is 5.02 Å². The van der Waals surface area contributed by atoms with Crippen molar-refractivity contribution in [3.63, 3.8) is 0 Å². The number of hydrogen-bond donors (Lipinski definition) is 2. The monoisotopic (exact) mass is 296 g/mol. The topological polar surface area (TPSA) is 40.5 Å². The summed E-state index contributed by atoms with van der Waals surface area (Å²) in [7, 11) is 0. The van der Waals surface area contributed by atoms with E-state index in [0.717, 1.165) is 5.56 Å². The number of aliphatic hydroxyl groups is 2. The van der Waals surface area contributed by atoms with Crippen molar-refractivity contribution in [1.82, 2.24) is 0 Å². The molecule has 1 aromatic carbocycles. The van der Waals surface area contributed by atoms with Gasteiger partial charge in [0.1, 0.15) is 0 Å². The SMILES string of the molecule is CC(C)(C)c1ccc(C(O)O)c(Cl)c1Cl.[Ti]. The summed E-state index contributed by atoms with van der Waals surface area (Å²) in [6, 6.07) is 3.35. The van der Waals surface area contributed by atoms with Gasteiger partial charge >= 0.3 is 0 Å². The van der Waals surface area contributed by atoms with Gasteiger partial charge in [-0.15, -0.1) is 0 Å². The molecule has 88 valence electrons. The third-order valence-electron chi connectivity index (χ3n) is 2.20. The number of benzene rings is 1. The molecule has 0 aliphatic rings. The van der Waals surface area contributed by atoms with Crippen molar-refractivity contribution in [2.75, 3.05) is 0 Å². The largest absolute Gasteiger partial charge is 0.364 e. The van der Waals surface area contributed by atoms with Gasteiger partial charge in [-0.2, -0.15) is 0 Å². The van der Waals surface area contributed by atoms with Crippen molar-refractivity contribution in [2.24, 2.45) is 0 Å². The van der Waals surface area contributed by atoms with Crippen LogP contribution in [0.25, 0.3) is 0 Å². The Balaban J connectivity index is 0.00000225. The van der Waals surface area contributed by atoms with Gasteiger partial charge in [0.15, 0.2) is 6.29 Å². The van der Waals surface area contributed by atoms with E-state index in [9.17, 15) is 0 Å². The number of hydrogen-bond acceptors (Lipinski definition) is 2. The van der Waals surface area contributed by atoms with E-state index in [1.165, 1.54) is 0 Å². The van der Waals surface area contributed by atoms with E-state index >= 15 is 0 Å². The molecule has 0 atom stereocenters. The van der Waals surface area contributed by atoms with E-state index in [-0.39, 0.29) is 37.7 Å². The third-order valence-corrected chi connectivity index (χ3v) is 3.09. The van der Waals surface area contributed by atoms with Gasteiger partial charge in [-0.05, 0) is 11.0 Å². The molecule has 0 radical (unpaired) electrons. The van der Waals surface area contributed by atoms with Crippen molar-refractivity contribution >= 4 is 23.2 Å². The Kier molecular flexibility index (Phi) is 6.01. The maximum Gasteiger partial charge on any atom is 0.179 e. The minimum atomic E-state index is -1.59. The summed E-state index contributed by atoms with van der Waals surface area (Å²) in [5.74, 6) is 0. The summed E-state index contributed by atoms with van der Waals surface area (Å²) in [5, 5.41) is 18.7. The first-order valence-corrected chi connectivity index (χ1v) is 5.35. The minimum absolute atomic E-state index is 0. The molecule has 0 saturated carbocycles. The van der Waals surface area contributed by atoms with Crippen LogP contribution in [-0.4, -0.2) is 10.2 Å². The minimum Gasteiger partial charge on any atom is -0.364 e. The van der Waals surface area contributed by atoms with Crippen molar-refractivity contribution in [3.05, 3.63) is 33.3 Å². The molecule has 0 amide bonds. The van der Waals surface area contributed by atoms with E-state index in [2.05, 4.69) is 0 Å². The maximum atomic E-state index is 9.04. The molecule has 5 heteroatoms. The maximum absolute atomic E-state index is 9.04. The van der Waals surface area contributed by atoms with Gasteiger partial charge in [0.2, 0.25) is 0 Å². The van der Waals surface area contributed by atoms with Crippen molar-refractivity contribution in [1.29, 1.82) is 0 Å². The molecule has 0 fully saturated rings. The number of rotatable bonds is 1. The smallest absolute Gasteiger partial charge is 0.179 e. The predicted octanol–water partition coefficient (Wildman–Crippen LogP) is 3.27. The molecule has 0 spiro atoms.